The van der Waals surface area contributed by atoms with E-state index in [4.69, 9.17) is 9.72 Å². The first-order chi connectivity index (χ1) is 11.3. The van der Waals surface area contributed by atoms with Gasteiger partial charge in [-0.1, -0.05) is 36.4 Å². The number of nitrogens with one attached hydrogen (secondary N) is 1. The van der Waals surface area contributed by atoms with Gasteiger partial charge in [0.15, 0.2) is 0 Å². The molecule has 0 fully saturated rings. The molecule has 4 aromatic rings. The van der Waals surface area contributed by atoms with E-state index >= 15 is 0 Å². The van der Waals surface area contributed by atoms with E-state index in [1.165, 1.54) is 10.9 Å². The van der Waals surface area contributed by atoms with Gasteiger partial charge in [-0.25, -0.2) is 4.98 Å². The van der Waals surface area contributed by atoms with Crippen molar-refractivity contribution < 1.29 is 4.74 Å². The van der Waals surface area contributed by atoms with Crippen LogP contribution < -0.4 is 4.74 Å². The van der Waals surface area contributed by atoms with Crippen LogP contribution in [0.1, 0.15) is 12.5 Å². The Morgan fingerprint density at radius 2 is 1.91 bits per heavy atom. The zero-order chi connectivity index (χ0) is 15.8. The summed E-state index contributed by atoms with van der Waals surface area (Å²) in [5.74, 6) is 1.72. The number of H-pyrrole nitrogens is 1. The van der Waals surface area contributed by atoms with Crippen LogP contribution in [-0.4, -0.2) is 16.6 Å². The summed E-state index contributed by atoms with van der Waals surface area (Å²) in [6.45, 7) is 4.72. The lowest BCUT2D eigenvalue weighted by atomic mass is 10.0. The molecule has 114 valence electrons. The predicted octanol–water partition coefficient (Wildman–Crippen LogP) is 5.09. The van der Waals surface area contributed by atoms with E-state index in [9.17, 15) is 0 Å². The smallest absolute Gasteiger partial charge is 0.142 e. The fraction of sp³-hybridized carbons (Fsp3) is 0.150. The molecule has 0 bridgehead atoms. The van der Waals surface area contributed by atoms with Gasteiger partial charge >= 0.3 is 0 Å². The molecular weight excluding hydrogens is 284 g/mol. The number of nitrogens with zero attached hydrogens (tertiary/aromatic N) is 1. The minimum atomic E-state index is 0.630. The number of hydrogen-bond acceptors (Lipinski definition) is 2. The van der Waals surface area contributed by atoms with Crippen molar-refractivity contribution in [3.05, 3.63) is 60.2 Å². The fourth-order valence-electron chi connectivity index (χ4n) is 3.01. The molecule has 3 heteroatoms. The lowest BCUT2D eigenvalue weighted by Crippen LogP contribution is -1.95. The molecule has 0 aliphatic rings. The minimum Gasteiger partial charge on any atom is -0.493 e. The fourth-order valence-corrected chi connectivity index (χ4v) is 3.01. The summed E-state index contributed by atoms with van der Waals surface area (Å²) in [7, 11) is 0. The van der Waals surface area contributed by atoms with Crippen LogP contribution in [0.2, 0.25) is 0 Å². The van der Waals surface area contributed by atoms with E-state index < -0.39 is 0 Å². The Hall–Kier alpha value is -2.81. The van der Waals surface area contributed by atoms with Gasteiger partial charge in [-0.15, -0.1) is 0 Å². The summed E-state index contributed by atoms with van der Waals surface area (Å²) >= 11 is 0. The molecule has 1 N–H and O–H groups in total. The van der Waals surface area contributed by atoms with Crippen LogP contribution in [-0.2, 0) is 0 Å². The van der Waals surface area contributed by atoms with E-state index in [0.717, 1.165) is 33.6 Å². The highest BCUT2D eigenvalue weighted by Gasteiger charge is 2.14. The summed E-state index contributed by atoms with van der Waals surface area (Å²) in [4.78, 5) is 8.23. The summed E-state index contributed by atoms with van der Waals surface area (Å²) in [6, 6.07) is 18.7. The average molecular weight is 302 g/mol. The maximum Gasteiger partial charge on any atom is 0.142 e. The Morgan fingerprint density at radius 1 is 1.04 bits per heavy atom. The number of rotatable bonds is 3. The van der Waals surface area contributed by atoms with Gasteiger partial charge in [0.25, 0.3) is 0 Å². The molecule has 0 aliphatic heterocycles. The molecule has 1 aromatic heterocycles. The Bertz CT molecular complexity index is 1000. The van der Waals surface area contributed by atoms with E-state index in [0.29, 0.717) is 6.61 Å². The monoisotopic (exact) mass is 302 g/mol. The van der Waals surface area contributed by atoms with Gasteiger partial charge in [-0.3, -0.25) is 0 Å². The maximum atomic E-state index is 5.86. The topological polar surface area (TPSA) is 37.9 Å². The minimum absolute atomic E-state index is 0.630. The third-order valence-corrected chi connectivity index (χ3v) is 4.06. The van der Waals surface area contributed by atoms with Gasteiger partial charge in [0.1, 0.15) is 11.6 Å². The molecule has 0 saturated carbocycles. The van der Waals surface area contributed by atoms with Crippen molar-refractivity contribution in [3.63, 3.8) is 0 Å². The lowest BCUT2D eigenvalue weighted by molar-refractivity contribution is 0.342. The Kier molecular flexibility index (Phi) is 3.27. The molecule has 0 atom stereocenters. The lowest BCUT2D eigenvalue weighted by Gasteiger charge is -2.11. The number of imidazole rings is 1. The highest BCUT2D eigenvalue weighted by atomic mass is 16.5. The summed E-state index contributed by atoms with van der Waals surface area (Å²) < 4.78 is 5.86. The summed E-state index contributed by atoms with van der Waals surface area (Å²) in [6.07, 6.45) is 0. The summed E-state index contributed by atoms with van der Waals surface area (Å²) in [5.41, 5.74) is 4.27. The third-order valence-electron chi connectivity index (χ3n) is 4.06. The number of aryl methyl sites for hydroxylation is 1. The van der Waals surface area contributed by atoms with Gasteiger partial charge in [-0.05, 0) is 48.4 Å². The normalized spacial score (nSPS) is 11.2. The van der Waals surface area contributed by atoms with Crippen molar-refractivity contribution >= 4 is 21.8 Å². The Morgan fingerprint density at radius 3 is 2.78 bits per heavy atom. The van der Waals surface area contributed by atoms with Gasteiger partial charge < -0.3 is 9.72 Å². The highest BCUT2D eigenvalue weighted by Crippen LogP contribution is 2.36. The number of aromatic amines is 1. The quantitative estimate of drug-likeness (QED) is 0.572. The van der Waals surface area contributed by atoms with Gasteiger partial charge in [0, 0.05) is 0 Å². The molecule has 0 amide bonds. The molecule has 3 aromatic carbocycles. The number of hydrogen-bond donors (Lipinski definition) is 1. The Balaban J connectivity index is 2.02. The third kappa shape index (κ3) is 2.34. The van der Waals surface area contributed by atoms with Crippen LogP contribution in [0.5, 0.6) is 5.75 Å². The zero-order valence-corrected chi connectivity index (χ0v) is 13.3. The number of fused-ring (bicyclic) bond motifs is 2. The molecule has 23 heavy (non-hydrogen) atoms. The first-order valence-corrected chi connectivity index (χ1v) is 7.87. The van der Waals surface area contributed by atoms with Crippen LogP contribution in [0.15, 0.2) is 54.6 Å². The van der Waals surface area contributed by atoms with Crippen molar-refractivity contribution in [2.45, 2.75) is 13.8 Å². The number of ether oxygens (including phenoxy) is 1. The SMILES string of the molecule is CCOc1ccc2ccccc2c1-c1nc2ccc(C)cc2[nH]1. The molecule has 0 aliphatic carbocycles. The molecule has 3 nitrogen and oxygen atoms in total. The largest absolute Gasteiger partial charge is 0.493 e. The second-order valence-electron chi connectivity index (χ2n) is 5.70. The first-order valence-electron chi connectivity index (χ1n) is 7.87. The van der Waals surface area contributed by atoms with Crippen LogP contribution in [0.25, 0.3) is 33.2 Å². The van der Waals surface area contributed by atoms with Gasteiger partial charge in [-0.2, -0.15) is 0 Å². The van der Waals surface area contributed by atoms with Crippen molar-refractivity contribution in [2.24, 2.45) is 0 Å². The summed E-state index contributed by atoms with van der Waals surface area (Å²) in [5, 5.41) is 2.33. The zero-order valence-electron chi connectivity index (χ0n) is 13.3. The molecule has 0 unspecified atom stereocenters. The molecule has 0 radical (unpaired) electrons. The van der Waals surface area contributed by atoms with Crippen molar-refractivity contribution in [3.8, 4) is 17.1 Å². The van der Waals surface area contributed by atoms with Crippen molar-refractivity contribution in [1.82, 2.24) is 9.97 Å². The van der Waals surface area contributed by atoms with Crippen LogP contribution in [0, 0.1) is 6.92 Å². The maximum absolute atomic E-state index is 5.86. The molecular formula is C20H18N2O. The van der Waals surface area contributed by atoms with Crippen molar-refractivity contribution in [1.29, 1.82) is 0 Å². The average Bonchev–Trinajstić information content (AvgIpc) is 2.97. The van der Waals surface area contributed by atoms with E-state index in [-0.39, 0.29) is 0 Å². The standard InChI is InChI=1S/C20H18N2O/c1-3-23-18-11-9-14-6-4-5-7-15(14)19(18)20-21-16-10-8-13(2)12-17(16)22-20/h4-12H,3H2,1-2H3,(H,21,22). The second kappa shape index (κ2) is 5.43. The Labute approximate surface area is 134 Å². The van der Waals surface area contributed by atoms with Crippen LogP contribution in [0.4, 0.5) is 0 Å². The highest BCUT2D eigenvalue weighted by molar-refractivity contribution is 5.99. The van der Waals surface area contributed by atoms with Crippen LogP contribution >= 0.6 is 0 Å². The van der Waals surface area contributed by atoms with Gasteiger partial charge in [0.2, 0.25) is 0 Å². The molecule has 1 heterocycles. The van der Waals surface area contributed by atoms with Crippen molar-refractivity contribution in [2.75, 3.05) is 6.61 Å². The van der Waals surface area contributed by atoms with E-state index in [1.54, 1.807) is 0 Å². The van der Waals surface area contributed by atoms with Crippen LogP contribution in [0.3, 0.4) is 0 Å². The predicted molar refractivity (Wildman–Crippen MR) is 94.9 cm³/mol. The van der Waals surface area contributed by atoms with E-state index in [2.05, 4.69) is 54.4 Å². The van der Waals surface area contributed by atoms with E-state index in [1.807, 2.05) is 19.1 Å². The molecule has 0 spiro atoms. The number of benzene rings is 3. The second-order valence-corrected chi connectivity index (χ2v) is 5.70. The number of aromatic nitrogens is 2. The molecule has 4 rings (SSSR count). The molecule has 0 saturated heterocycles. The van der Waals surface area contributed by atoms with Gasteiger partial charge in [0.05, 0.1) is 23.2 Å². The first kappa shape index (κ1) is 13.8.